The normalized spacial score (nSPS) is 14.9. The van der Waals surface area contributed by atoms with Gasteiger partial charge in [-0.2, -0.15) is 0 Å². The topological polar surface area (TPSA) is 83.7 Å². The molecule has 1 amide bonds. The highest BCUT2D eigenvalue weighted by Gasteiger charge is 2.32. The molecule has 0 bridgehead atoms. The van der Waals surface area contributed by atoms with Crippen molar-refractivity contribution in [2.24, 2.45) is 0 Å². The summed E-state index contributed by atoms with van der Waals surface area (Å²) in [6.45, 7) is 0.336. The number of thiocarbonyl (C=S) groups is 1. The molecule has 0 radical (unpaired) electrons. The van der Waals surface area contributed by atoms with E-state index in [0.717, 1.165) is 22.9 Å². The van der Waals surface area contributed by atoms with E-state index in [-0.39, 0.29) is 11.5 Å². The van der Waals surface area contributed by atoms with Gasteiger partial charge in [0.1, 0.15) is 4.32 Å². The molecule has 0 aliphatic carbocycles. The van der Waals surface area contributed by atoms with E-state index in [9.17, 15) is 20.0 Å². The van der Waals surface area contributed by atoms with E-state index in [1.165, 1.54) is 17.0 Å². The molecule has 0 unspecified atom stereocenters. The zero-order chi connectivity index (χ0) is 22.7. The minimum atomic E-state index is -0.623. The fourth-order valence-corrected chi connectivity index (χ4v) is 4.67. The third-order valence-corrected chi connectivity index (χ3v) is 6.35. The van der Waals surface area contributed by atoms with Crippen molar-refractivity contribution in [1.29, 1.82) is 0 Å². The van der Waals surface area contributed by atoms with E-state index in [1.807, 2.05) is 60.7 Å². The summed E-state index contributed by atoms with van der Waals surface area (Å²) in [6, 6.07) is 22.0. The Balaban J connectivity index is 1.67. The maximum absolute atomic E-state index is 13.0. The third-order valence-electron chi connectivity index (χ3n) is 4.97. The Morgan fingerprint density at radius 3 is 2.25 bits per heavy atom. The molecule has 8 heteroatoms. The van der Waals surface area contributed by atoms with Gasteiger partial charge in [-0.3, -0.25) is 19.8 Å². The van der Waals surface area contributed by atoms with Crippen molar-refractivity contribution in [2.45, 2.75) is 13.0 Å². The van der Waals surface area contributed by atoms with Gasteiger partial charge in [0.25, 0.3) is 5.91 Å². The van der Waals surface area contributed by atoms with Crippen LogP contribution in [0.15, 0.2) is 77.7 Å². The molecule has 160 valence electrons. The average Bonchev–Trinajstić information content (AvgIpc) is 3.04. The van der Waals surface area contributed by atoms with Crippen LogP contribution in [0.5, 0.6) is 5.75 Å². The van der Waals surface area contributed by atoms with Gasteiger partial charge in [0.15, 0.2) is 0 Å². The number of hydrogen-bond donors (Lipinski definition) is 1. The van der Waals surface area contributed by atoms with Gasteiger partial charge in [0, 0.05) is 11.6 Å². The Labute approximate surface area is 194 Å². The van der Waals surface area contributed by atoms with Crippen LogP contribution in [-0.2, 0) is 17.8 Å². The third kappa shape index (κ3) is 4.71. The second-order valence-corrected chi connectivity index (χ2v) is 8.90. The first-order valence-corrected chi connectivity index (χ1v) is 11.0. The van der Waals surface area contributed by atoms with E-state index >= 15 is 0 Å². The van der Waals surface area contributed by atoms with Crippen molar-refractivity contribution in [3.8, 4) is 5.75 Å². The first-order chi connectivity index (χ1) is 15.4. The van der Waals surface area contributed by atoms with Crippen molar-refractivity contribution >= 4 is 46.0 Å². The number of phenols is 1. The fraction of sp³-hybridized carbons (Fsp3) is 0.0833. The van der Waals surface area contributed by atoms with Crippen LogP contribution in [0, 0.1) is 10.1 Å². The molecule has 3 aromatic carbocycles. The van der Waals surface area contributed by atoms with Crippen LogP contribution in [-0.4, -0.2) is 25.2 Å². The number of carbonyl (C=O) groups is 1. The number of nitro benzene ring substituents is 1. The van der Waals surface area contributed by atoms with Gasteiger partial charge in [-0.15, -0.1) is 0 Å². The summed E-state index contributed by atoms with van der Waals surface area (Å²) in [5.74, 6) is -0.764. The van der Waals surface area contributed by atoms with Crippen molar-refractivity contribution in [1.82, 2.24) is 4.90 Å². The highest BCUT2D eigenvalue weighted by molar-refractivity contribution is 8.26. The highest BCUT2D eigenvalue weighted by Crippen LogP contribution is 2.38. The lowest BCUT2D eigenvalue weighted by Gasteiger charge is -2.14. The van der Waals surface area contributed by atoms with Crippen molar-refractivity contribution in [2.75, 3.05) is 0 Å². The molecule has 0 saturated carbocycles. The molecule has 1 fully saturated rings. The highest BCUT2D eigenvalue weighted by atomic mass is 32.2. The molecule has 1 heterocycles. The Morgan fingerprint density at radius 1 is 1.00 bits per heavy atom. The maximum Gasteiger partial charge on any atom is 0.311 e. The second kappa shape index (κ2) is 9.33. The Hall–Kier alpha value is -3.49. The second-order valence-electron chi connectivity index (χ2n) is 7.23. The summed E-state index contributed by atoms with van der Waals surface area (Å²) in [6.07, 6.45) is 1.93. The first kappa shape index (κ1) is 21.7. The molecule has 3 aromatic rings. The van der Waals surface area contributed by atoms with Crippen molar-refractivity contribution in [3.63, 3.8) is 0 Å². The lowest BCUT2D eigenvalue weighted by atomic mass is 10.0. The number of benzene rings is 3. The summed E-state index contributed by atoms with van der Waals surface area (Å²) in [5.41, 5.74) is 2.39. The zero-order valence-corrected chi connectivity index (χ0v) is 18.4. The van der Waals surface area contributed by atoms with Crippen LogP contribution in [0.4, 0.5) is 5.69 Å². The van der Waals surface area contributed by atoms with Crippen LogP contribution in [0.2, 0.25) is 0 Å². The largest absolute Gasteiger partial charge is 0.502 e. The van der Waals surface area contributed by atoms with Gasteiger partial charge in [-0.1, -0.05) is 84.6 Å². The Morgan fingerprint density at radius 2 is 1.62 bits per heavy atom. The average molecular weight is 463 g/mol. The number of thioether (sulfide) groups is 1. The van der Waals surface area contributed by atoms with E-state index in [2.05, 4.69) is 0 Å². The SMILES string of the molecule is O=C1C(=Cc2cc(Cc3ccccc3)cc([N+](=O)[O-])c2O)SC(=S)N1Cc1ccccc1. The van der Waals surface area contributed by atoms with E-state index in [0.29, 0.717) is 27.8 Å². The molecule has 1 aliphatic heterocycles. The summed E-state index contributed by atoms with van der Waals surface area (Å²) in [4.78, 5) is 25.7. The predicted octanol–water partition coefficient (Wildman–Crippen LogP) is 5.29. The van der Waals surface area contributed by atoms with Gasteiger partial charge < -0.3 is 5.11 Å². The number of carbonyl (C=O) groups excluding carboxylic acids is 1. The molecular formula is C24H18N2O4S2. The molecule has 0 atom stereocenters. The van der Waals surface area contributed by atoms with Crippen molar-refractivity contribution < 1.29 is 14.8 Å². The van der Waals surface area contributed by atoms with Gasteiger partial charge in [0.2, 0.25) is 5.75 Å². The number of aromatic hydroxyl groups is 1. The van der Waals surface area contributed by atoms with E-state index in [1.54, 1.807) is 6.07 Å². The van der Waals surface area contributed by atoms with Crippen LogP contribution in [0.1, 0.15) is 22.3 Å². The van der Waals surface area contributed by atoms with Crippen molar-refractivity contribution in [3.05, 3.63) is 110 Å². The fourth-order valence-electron chi connectivity index (χ4n) is 3.43. The van der Waals surface area contributed by atoms with Gasteiger partial charge >= 0.3 is 5.69 Å². The summed E-state index contributed by atoms with van der Waals surface area (Å²) in [5, 5.41) is 22.0. The quantitative estimate of drug-likeness (QED) is 0.232. The predicted molar refractivity (Wildman–Crippen MR) is 129 cm³/mol. The molecule has 1 saturated heterocycles. The molecule has 4 rings (SSSR count). The Kier molecular flexibility index (Phi) is 6.34. The lowest BCUT2D eigenvalue weighted by molar-refractivity contribution is -0.385. The van der Waals surface area contributed by atoms with Gasteiger partial charge in [0.05, 0.1) is 16.4 Å². The van der Waals surface area contributed by atoms with Crippen LogP contribution >= 0.6 is 24.0 Å². The molecule has 1 N–H and O–H groups in total. The van der Waals surface area contributed by atoms with Crippen LogP contribution in [0.25, 0.3) is 6.08 Å². The van der Waals surface area contributed by atoms with Crippen LogP contribution in [0.3, 0.4) is 0 Å². The molecule has 0 aromatic heterocycles. The van der Waals surface area contributed by atoms with Gasteiger partial charge in [-0.05, 0) is 35.3 Å². The number of amides is 1. The van der Waals surface area contributed by atoms with Crippen LogP contribution < -0.4 is 0 Å². The molecule has 0 spiro atoms. The Bertz CT molecular complexity index is 1230. The summed E-state index contributed by atoms with van der Waals surface area (Å²) in [7, 11) is 0. The maximum atomic E-state index is 13.0. The molecular weight excluding hydrogens is 444 g/mol. The number of nitrogens with zero attached hydrogens (tertiary/aromatic N) is 2. The monoisotopic (exact) mass is 462 g/mol. The molecule has 32 heavy (non-hydrogen) atoms. The minimum Gasteiger partial charge on any atom is -0.502 e. The summed E-state index contributed by atoms with van der Waals surface area (Å²) >= 11 is 6.50. The minimum absolute atomic E-state index is 0.213. The zero-order valence-electron chi connectivity index (χ0n) is 16.8. The molecule has 1 aliphatic rings. The number of nitro groups is 1. The van der Waals surface area contributed by atoms with E-state index < -0.39 is 16.4 Å². The first-order valence-electron chi connectivity index (χ1n) is 9.76. The number of phenolic OH excluding ortho intramolecular Hbond substituents is 1. The molecule has 6 nitrogen and oxygen atoms in total. The number of rotatable bonds is 6. The standard InChI is InChI=1S/C24H18N2O4S2/c27-22-19(12-18(13-20(22)26(29)30)11-16-7-3-1-4-8-16)14-21-23(28)25(24(31)32-21)15-17-9-5-2-6-10-17/h1-10,12-14,27H,11,15H2. The summed E-state index contributed by atoms with van der Waals surface area (Å²) < 4.78 is 0.402. The lowest BCUT2D eigenvalue weighted by Crippen LogP contribution is -2.27. The number of hydrogen-bond acceptors (Lipinski definition) is 6. The van der Waals surface area contributed by atoms with Gasteiger partial charge in [-0.25, -0.2) is 0 Å². The van der Waals surface area contributed by atoms with E-state index in [4.69, 9.17) is 12.2 Å². The smallest absolute Gasteiger partial charge is 0.311 e.